The van der Waals surface area contributed by atoms with Crippen molar-refractivity contribution in [3.63, 3.8) is 0 Å². The number of esters is 1. The third kappa shape index (κ3) is 3.71. The van der Waals surface area contributed by atoms with E-state index in [0.29, 0.717) is 5.69 Å². The van der Waals surface area contributed by atoms with Crippen LogP contribution in [0.5, 0.6) is 0 Å². The van der Waals surface area contributed by atoms with Gasteiger partial charge in [0, 0.05) is 11.0 Å². The maximum atomic E-state index is 12.8. The van der Waals surface area contributed by atoms with Gasteiger partial charge in [-0.3, -0.25) is 9.78 Å². The first-order valence-electron chi connectivity index (χ1n) is 5.31. The van der Waals surface area contributed by atoms with Gasteiger partial charge in [0.25, 0.3) is 6.43 Å². The van der Waals surface area contributed by atoms with Gasteiger partial charge in [0.2, 0.25) is 0 Å². The van der Waals surface area contributed by atoms with E-state index in [1.165, 1.54) is 6.07 Å². The van der Waals surface area contributed by atoms with Crippen molar-refractivity contribution in [2.75, 3.05) is 6.61 Å². The molecule has 1 rings (SSSR count). The zero-order valence-corrected chi connectivity index (χ0v) is 11.3. The minimum Gasteiger partial charge on any atom is -0.466 e. The molecule has 1 heterocycles. The summed E-state index contributed by atoms with van der Waals surface area (Å²) < 4.78 is 30.5. The molecule has 0 unspecified atom stereocenters. The number of halogens is 3. The van der Waals surface area contributed by atoms with Gasteiger partial charge < -0.3 is 10.5 Å². The van der Waals surface area contributed by atoms with E-state index in [-0.39, 0.29) is 35.3 Å². The SMILES string of the molecule is CCOC(=O)Cc1cc(Br)c(C(F)F)c(CN)n1. The predicted molar refractivity (Wildman–Crippen MR) is 65.1 cm³/mol. The summed E-state index contributed by atoms with van der Waals surface area (Å²) in [5, 5.41) is 0. The van der Waals surface area contributed by atoms with Crippen LogP contribution in [0.1, 0.15) is 30.3 Å². The molecule has 0 aliphatic carbocycles. The van der Waals surface area contributed by atoms with Gasteiger partial charge in [-0.15, -0.1) is 0 Å². The predicted octanol–water partition coefficient (Wildman–Crippen LogP) is 2.35. The van der Waals surface area contributed by atoms with Crippen LogP contribution in [0.15, 0.2) is 10.5 Å². The van der Waals surface area contributed by atoms with Crippen molar-refractivity contribution in [2.24, 2.45) is 5.73 Å². The van der Waals surface area contributed by atoms with Crippen LogP contribution in [-0.4, -0.2) is 17.6 Å². The fourth-order valence-corrected chi connectivity index (χ4v) is 2.13. The number of hydrogen-bond acceptors (Lipinski definition) is 4. The average molecular weight is 323 g/mol. The Morgan fingerprint density at radius 2 is 2.28 bits per heavy atom. The van der Waals surface area contributed by atoms with E-state index in [2.05, 4.69) is 20.9 Å². The fraction of sp³-hybridized carbons (Fsp3) is 0.455. The van der Waals surface area contributed by atoms with Gasteiger partial charge in [0.15, 0.2) is 0 Å². The third-order valence-electron chi connectivity index (χ3n) is 2.18. The van der Waals surface area contributed by atoms with E-state index in [0.717, 1.165) is 0 Å². The number of pyridine rings is 1. The molecule has 0 aromatic carbocycles. The van der Waals surface area contributed by atoms with Crippen molar-refractivity contribution < 1.29 is 18.3 Å². The molecule has 0 bridgehead atoms. The maximum Gasteiger partial charge on any atom is 0.311 e. The standard InChI is InChI=1S/C11H13BrF2N2O2/c1-2-18-9(17)4-6-3-7(12)10(11(13)14)8(5-15)16-6/h3,11H,2,4-5,15H2,1H3. The molecule has 1 aromatic heterocycles. The second kappa shape index (κ2) is 6.75. The summed E-state index contributed by atoms with van der Waals surface area (Å²) in [4.78, 5) is 15.2. The Morgan fingerprint density at radius 3 is 2.78 bits per heavy atom. The van der Waals surface area contributed by atoms with E-state index >= 15 is 0 Å². The highest BCUT2D eigenvalue weighted by molar-refractivity contribution is 9.10. The topological polar surface area (TPSA) is 65.2 Å². The summed E-state index contributed by atoms with van der Waals surface area (Å²) in [5.41, 5.74) is 5.59. The van der Waals surface area contributed by atoms with Gasteiger partial charge >= 0.3 is 5.97 Å². The van der Waals surface area contributed by atoms with E-state index in [4.69, 9.17) is 10.5 Å². The van der Waals surface area contributed by atoms with Crippen LogP contribution in [0.3, 0.4) is 0 Å². The lowest BCUT2D eigenvalue weighted by Gasteiger charge is -2.11. The van der Waals surface area contributed by atoms with E-state index in [1.807, 2.05) is 0 Å². The zero-order valence-electron chi connectivity index (χ0n) is 9.75. The largest absolute Gasteiger partial charge is 0.466 e. The van der Waals surface area contributed by atoms with Crippen LogP contribution in [0.4, 0.5) is 8.78 Å². The quantitative estimate of drug-likeness (QED) is 0.845. The van der Waals surface area contributed by atoms with Crippen LogP contribution < -0.4 is 5.73 Å². The lowest BCUT2D eigenvalue weighted by Crippen LogP contribution is -2.13. The fourth-order valence-electron chi connectivity index (χ4n) is 1.46. The smallest absolute Gasteiger partial charge is 0.311 e. The highest BCUT2D eigenvalue weighted by Gasteiger charge is 2.19. The van der Waals surface area contributed by atoms with Crippen molar-refractivity contribution in [3.8, 4) is 0 Å². The van der Waals surface area contributed by atoms with Crippen LogP contribution >= 0.6 is 15.9 Å². The Balaban J connectivity index is 3.03. The Morgan fingerprint density at radius 1 is 1.61 bits per heavy atom. The van der Waals surface area contributed by atoms with Crippen LogP contribution in [-0.2, 0) is 22.5 Å². The number of rotatable bonds is 5. The summed E-state index contributed by atoms with van der Waals surface area (Å²) in [7, 11) is 0. The Bertz CT molecular complexity index is 441. The summed E-state index contributed by atoms with van der Waals surface area (Å²) >= 11 is 3.04. The number of carbonyl (C=O) groups is 1. The summed E-state index contributed by atoms with van der Waals surface area (Å²) in [5.74, 6) is -0.454. The van der Waals surface area contributed by atoms with Crippen LogP contribution in [0, 0.1) is 0 Å². The molecule has 4 nitrogen and oxygen atoms in total. The number of alkyl halides is 2. The Kier molecular flexibility index (Phi) is 5.61. The molecule has 0 aliphatic rings. The first-order chi connectivity index (χ1) is 8.49. The van der Waals surface area contributed by atoms with E-state index in [1.54, 1.807) is 6.92 Å². The van der Waals surface area contributed by atoms with E-state index in [9.17, 15) is 13.6 Å². The minimum absolute atomic E-state index is 0.0665. The molecule has 0 aliphatic heterocycles. The third-order valence-corrected chi connectivity index (χ3v) is 2.84. The van der Waals surface area contributed by atoms with Crippen molar-refractivity contribution in [1.29, 1.82) is 0 Å². The molecule has 1 aromatic rings. The number of aromatic nitrogens is 1. The van der Waals surface area contributed by atoms with Gasteiger partial charge in [-0.05, 0) is 13.0 Å². The molecular weight excluding hydrogens is 310 g/mol. The van der Waals surface area contributed by atoms with Crippen molar-refractivity contribution in [1.82, 2.24) is 4.98 Å². The lowest BCUT2D eigenvalue weighted by atomic mass is 10.1. The second-order valence-electron chi connectivity index (χ2n) is 3.44. The van der Waals surface area contributed by atoms with Crippen molar-refractivity contribution in [2.45, 2.75) is 26.3 Å². The van der Waals surface area contributed by atoms with Crippen LogP contribution in [0.2, 0.25) is 0 Å². The number of carbonyl (C=O) groups excluding carboxylic acids is 1. The summed E-state index contributed by atoms with van der Waals surface area (Å²) in [6.07, 6.45) is -2.73. The number of nitrogens with two attached hydrogens (primary N) is 1. The second-order valence-corrected chi connectivity index (χ2v) is 4.30. The van der Waals surface area contributed by atoms with Gasteiger partial charge in [0.1, 0.15) is 0 Å². The summed E-state index contributed by atoms with van der Waals surface area (Å²) in [6, 6.07) is 1.39. The molecule has 0 atom stereocenters. The van der Waals surface area contributed by atoms with Gasteiger partial charge in [0.05, 0.1) is 30.0 Å². The first-order valence-corrected chi connectivity index (χ1v) is 6.10. The highest BCUT2D eigenvalue weighted by Crippen LogP contribution is 2.30. The monoisotopic (exact) mass is 322 g/mol. The molecule has 18 heavy (non-hydrogen) atoms. The first kappa shape index (κ1) is 15.0. The zero-order chi connectivity index (χ0) is 13.7. The molecule has 0 fully saturated rings. The van der Waals surface area contributed by atoms with E-state index < -0.39 is 12.4 Å². The molecule has 0 spiro atoms. The minimum atomic E-state index is -2.66. The molecule has 100 valence electrons. The molecule has 2 N–H and O–H groups in total. The van der Waals surface area contributed by atoms with Gasteiger partial charge in [-0.1, -0.05) is 15.9 Å². The normalized spacial score (nSPS) is 10.8. The van der Waals surface area contributed by atoms with Crippen molar-refractivity contribution in [3.05, 3.63) is 27.5 Å². The maximum absolute atomic E-state index is 12.8. The number of hydrogen-bond donors (Lipinski definition) is 1. The van der Waals surface area contributed by atoms with Gasteiger partial charge in [-0.2, -0.15) is 0 Å². The summed E-state index contributed by atoms with van der Waals surface area (Å²) in [6.45, 7) is 1.83. The highest BCUT2D eigenvalue weighted by atomic mass is 79.9. The average Bonchev–Trinajstić information content (AvgIpc) is 2.27. The Hall–Kier alpha value is -1.08. The lowest BCUT2D eigenvalue weighted by molar-refractivity contribution is -0.142. The molecular formula is C11H13BrF2N2O2. The molecule has 0 saturated heterocycles. The molecule has 7 heteroatoms. The number of nitrogens with zero attached hydrogens (tertiary/aromatic N) is 1. The van der Waals surface area contributed by atoms with Crippen LogP contribution in [0.25, 0.3) is 0 Å². The molecule has 0 amide bonds. The Labute approximate surface area is 112 Å². The van der Waals surface area contributed by atoms with Gasteiger partial charge in [-0.25, -0.2) is 8.78 Å². The molecule has 0 radical (unpaired) electrons. The molecule has 0 saturated carbocycles. The van der Waals surface area contributed by atoms with Crippen molar-refractivity contribution >= 4 is 21.9 Å². The number of ether oxygens (including phenoxy) is 1.